The van der Waals surface area contributed by atoms with E-state index in [4.69, 9.17) is 9.72 Å². The van der Waals surface area contributed by atoms with Gasteiger partial charge in [-0.2, -0.15) is 0 Å². The molecule has 0 bridgehead atoms. The Morgan fingerprint density at radius 2 is 1.86 bits per heavy atom. The van der Waals surface area contributed by atoms with E-state index in [9.17, 15) is 4.79 Å². The molecule has 0 atom stereocenters. The Kier molecular flexibility index (Phi) is 4.60. The third-order valence-electron chi connectivity index (χ3n) is 4.01. The second kappa shape index (κ2) is 6.64. The zero-order valence-electron chi connectivity index (χ0n) is 12.6. The molecule has 1 aliphatic rings. The summed E-state index contributed by atoms with van der Waals surface area (Å²) in [6.07, 6.45) is 4.14. The molecule has 1 heterocycles. The fraction of sp³-hybridized carbons (Fsp3) is 0.333. The van der Waals surface area contributed by atoms with E-state index < -0.39 is 0 Å². The number of pyridine rings is 1. The van der Waals surface area contributed by atoms with Gasteiger partial charge in [-0.3, -0.25) is 0 Å². The number of hydrogen-bond acceptors (Lipinski definition) is 3. The van der Waals surface area contributed by atoms with Crippen molar-refractivity contribution in [1.82, 2.24) is 4.98 Å². The van der Waals surface area contributed by atoms with Gasteiger partial charge in [0.2, 0.25) is 0 Å². The van der Waals surface area contributed by atoms with Crippen LogP contribution in [0.2, 0.25) is 0 Å². The minimum atomic E-state index is -0.262. The Labute approximate surface area is 138 Å². The minimum absolute atomic E-state index is 0.262. The molecule has 3 nitrogen and oxygen atoms in total. The number of esters is 1. The number of fused-ring (bicyclic) bond motifs is 1. The molecule has 0 aliphatic heterocycles. The van der Waals surface area contributed by atoms with Gasteiger partial charge >= 0.3 is 139 Å². The number of rotatable bonds is 3. The van der Waals surface area contributed by atoms with Crippen LogP contribution in [0.5, 0.6) is 0 Å². The van der Waals surface area contributed by atoms with Crippen LogP contribution in [0, 0.1) is 0 Å². The van der Waals surface area contributed by atoms with Crippen LogP contribution in [0.4, 0.5) is 0 Å². The van der Waals surface area contributed by atoms with Crippen LogP contribution in [-0.4, -0.2) is 33.6 Å². The first-order valence-electron chi connectivity index (χ1n) is 7.67. The standard InChI is InChI=1S/C18H18NO2Se/c1-2-21-18(20)15-13-10-6-7-11-14(13)16(19-17(15)22)12-8-4-3-5-9-12/h3-5,8-9H,2,6-7,10-11H2,1H3. The summed E-state index contributed by atoms with van der Waals surface area (Å²) in [6, 6.07) is 10.2. The van der Waals surface area contributed by atoms with E-state index in [0.717, 1.165) is 42.5 Å². The number of ether oxygens (including phenoxy) is 1. The Hall–Kier alpha value is -1.64. The summed E-state index contributed by atoms with van der Waals surface area (Å²) >= 11 is 2.96. The van der Waals surface area contributed by atoms with Crippen molar-refractivity contribution in [3.05, 3.63) is 47.0 Å². The molecule has 1 aromatic carbocycles. The molecule has 0 unspecified atom stereocenters. The summed E-state index contributed by atoms with van der Waals surface area (Å²) in [6.45, 7) is 2.21. The Bertz CT molecular complexity index is 698. The van der Waals surface area contributed by atoms with Crippen molar-refractivity contribution >= 4 is 26.6 Å². The third-order valence-corrected chi connectivity index (χ3v) is 4.63. The molecule has 2 aromatic rings. The van der Waals surface area contributed by atoms with Crippen LogP contribution in [0.15, 0.2) is 30.3 Å². The predicted molar refractivity (Wildman–Crippen MR) is 87.7 cm³/mol. The molecular weight excluding hydrogens is 341 g/mol. The first kappa shape index (κ1) is 15.3. The molecular formula is C18H18NO2Se. The van der Waals surface area contributed by atoms with Gasteiger partial charge in [0.25, 0.3) is 0 Å². The normalized spacial score (nSPS) is 13.5. The van der Waals surface area contributed by atoms with Gasteiger partial charge in [-0.25, -0.2) is 0 Å². The van der Waals surface area contributed by atoms with Crippen molar-refractivity contribution in [3.8, 4) is 11.3 Å². The van der Waals surface area contributed by atoms with E-state index in [1.807, 2.05) is 25.1 Å². The van der Waals surface area contributed by atoms with E-state index in [1.165, 1.54) is 5.56 Å². The molecule has 1 aliphatic carbocycles. The molecule has 0 spiro atoms. The fourth-order valence-electron chi connectivity index (χ4n) is 3.05. The van der Waals surface area contributed by atoms with Crippen LogP contribution in [0.3, 0.4) is 0 Å². The van der Waals surface area contributed by atoms with Gasteiger partial charge in [-0.05, 0) is 0 Å². The van der Waals surface area contributed by atoms with Crippen molar-refractivity contribution < 1.29 is 9.53 Å². The molecule has 0 N–H and O–H groups in total. The maximum atomic E-state index is 12.3. The predicted octanol–water partition coefficient (Wildman–Crippen LogP) is 2.60. The molecule has 22 heavy (non-hydrogen) atoms. The van der Waals surface area contributed by atoms with E-state index in [0.29, 0.717) is 16.8 Å². The van der Waals surface area contributed by atoms with Gasteiger partial charge in [-0.15, -0.1) is 0 Å². The zero-order valence-corrected chi connectivity index (χ0v) is 14.3. The van der Waals surface area contributed by atoms with E-state index in [-0.39, 0.29) is 5.97 Å². The van der Waals surface area contributed by atoms with E-state index >= 15 is 0 Å². The van der Waals surface area contributed by atoms with Crippen molar-refractivity contribution in [2.24, 2.45) is 0 Å². The topological polar surface area (TPSA) is 39.2 Å². The molecule has 0 saturated heterocycles. The van der Waals surface area contributed by atoms with Crippen molar-refractivity contribution in [3.63, 3.8) is 0 Å². The van der Waals surface area contributed by atoms with Crippen LogP contribution in [0.1, 0.15) is 41.3 Å². The van der Waals surface area contributed by atoms with Gasteiger partial charge < -0.3 is 0 Å². The van der Waals surface area contributed by atoms with Crippen LogP contribution in [0.25, 0.3) is 11.3 Å². The monoisotopic (exact) mass is 360 g/mol. The first-order chi connectivity index (χ1) is 10.7. The van der Waals surface area contributed by atoms with Gasteiger partial charge in [0.1, 0.15) is 0 Å². The third kappa shape index (κ3) is 2.81. The number of carbonyl (C=O) groups excluding carboxylic acids is 1. The second-order valence-electron chi connectivity index (χ2n) is 5.39. The van der Waals surface area contributed by atoms with Gasteiger partial charge in [0, 0.05) is 0 Å². The average molecular weight is 359 g/mol. The second-order valence-corrected chi connectivity index (χ2v) is 6.20. The van der Waals surface area contributed by atoms with Crippen LogP contribution in [-0.2, 0) is 17.6 Å². The first-order valence-corrected chi connectivity index (χ1v) is 8.53. The Morgan fingerprint density at radius 3 is 2.55 bits per heavy atom. The SMILES string of the molecule is CCOC(=O)c1c([Se])nc(-c2ccccc2)c2c1CCCC2. The number of aromatic nitrogens is 1. The molecule has 1 radical (unpaired) electrons. The number of nitrogens with zero attached hydrogens (tertiary/aromatic N) is 1. The molecule has 0 fully saturated rings. The van der Waals surface area contributed by atoms with E-state index in [1.54, 1.807) is 0 Å². The molecule has 1 aromatic heterocycles. The zero-order chi connectivity index (χ0) is 15.5. The summed E-state index contributed by atoms with van der Waals surface area (Å²) in [5.74, 6) is -0.262. The molecule has 4 heteroatoms. The van der Waals surface area contributed by atoms with E-state index in [2.05, 4.69) is 28.1 Å². The number of benzene rings is 1. The van der Waals surface area contributed by atoms with Crippen LogP contribution >= 0.6 is 0 Å². The maximum absolute atomic E-state index is 12.3. The van der Waals surface area contributed by atoms with Gasteiger partial charge in [-0.1, -0.05) is 0 Å². The Balaban J connectivity index is 2.19. The summed E-state index contributed by atoms with van der Waals surface area (Å²) in [5, 5.41) is 0. The summed E-state index contributed by atoms with van der Waals surface area (Å²) in [5.41, 5.74) is 5.06. The van der Waals surface area contributed by atoms with Crippen molar-refractivity contribution in [1.29, 1.82) is 0 Å². The molecule has 0 amide bonds. The Morgan fingerprint density at radius 1 is 1.18 bits per heavy atom. The van der Waals surface area contributed by atoms with Gasteiger partial charge in [0.05, 0.1) is 0 Å². The number of carbonyl (C=O) groups is 1. The van der Waals surface area contributed by atoms with Crippen LogP contribution < -0.4 is 4.59 Å². The molecule has 113 valence electrons. The molecule has 3 rings (SSSR count). The summed E-state index contributed by atoms with van der Waals surface area (Å²) in [4.78, 5) is 17.0. The van der Waals surface area contributed by atoms with Gasteiger partial charge in [0.15, 0.2) is 0 Å². The summed E-state index contributed by atoms with van der Waals surface area (Å²) < 4.78 is 5.87. The number of hydrogen-bond donors (Lipinski definition) is 0. The quantitative estimate of drug-likeness (QED) is 0.625. The average Bonchev–Trinajstić information content (AvgIpc) is 2.55. The summed E-state index contributed by atoms with van der Waals surface area (Å²) in [7, 11) is 0. The van der Waals surface area contributed by atoms with Crippen molar-refractivity contribution in [2.45, 2.75) is 32.6 Å². The van der Waals surface area contributed by atoms with Crippen molar-refractivity contribution in [2.75, 3.05) is 6.61 Å². The molecule has 0 saturated carbocycles. The fourth-order valence-corrected chi connectivity index (χ4v) is 3.67.